The molecule has 5 nitrogen and oxygen atoms in total. The van der Waals surface area contributed by atoms with Crippen molar-refractivity contribution in [2.45, 2.75) is 45.1 Å². The number of nitrogens with zero attached hydrogens (tertiary/aromatic N) is 3. The van der Waals surface area contributed by atoms with Gasteiger partial charge in [0.15, 0.2) is 5.84 Å². The summed E-state index contributed by atoms with van der Waals surface area (Å²) in [5, 5.41) is 11.8. The molecule has 0 aliphatic carbocycles. The Kier molecular flexibility index (Phi) is 4.60. The van der Waals surface area contributed by atoms with Crippen molar-refractivity contribution < 1.29 is 5.21 Å². The number of aromatic nitrogens is 1. The molecule has 19 heavy (non-hydrogen) atoms. The minimum Gasteiger partial charge on any atom is -0.409 e. The molecule has 0 saturated carbocycles. The van der Waals surface area contributed by atoms with E-state index in [1.54, 1.807) is 12.3 Å². The summed E-state index contributed by atoms with van der Waals surface area (Å²) in [5.41, 5.74) is 6.36. The first-order valence-corrected chi connectivity index (χ1v) is 6.97. The Balaban J connectivity index is 2.28. The summed E-state index contributed by atoms with van der Waals surface area (Å²) in [6.45, 7) is 3.25. The average Bonchev–Trinajstić information content (AvgIpc) is 2.71. The number of oxime groups is 1. The largest absolute Gasteiger partial charge is 0.409 e. The highest BCUT2D eigenvalue weighted by atomic mass is 16.4. The van der Waals surface area contributed by atoms with Gasteiger partial charge in [0.05, 0.1) is 0 Å². The average molecular weight is 262 g/mol. The summed E-state index contributed by atoms with van der Waals surface area (Å²) in [6.07, 6.45) is 7.83. The van der Waals surface area contributed by atoms with Gasteiger partial charge >= 0.3 is 0 Å². The Hall–Kier alpha value is -1.78. The topological polar surface area (TPSA) is 74.7 Å². The molecule has 2 heterocycles. The SMILES string of the molecule is CCC1CCCCCN1c1cc(/C(N)=N/O)ccn1. The van der Waals surface area contributed by atoms with Gasteiger partial charge in [-0.15, -0.1) is 0 Å². The van der Waals surface area contributed by atoms with Gasteiger partial charge in [0.1, 0.15) is 5.82 Å². The minimum absolute atomic E-state index is 0.131. The fraction of sp³-hybridized carbons (Fsp3) is 0.571. The van der Waals surface area contributed by atoms with Gasteiger partial charge in [0.25, 0.3) is 0 Å². The van der Waals surface area contributed by atoms with Crippen molar-refractivity contribution >= 4 is 11.7 Å². The van der Waals surface area contributed by atoms with Crippen LogP contribution >= 0.6 is 0 Å². The fourth-order valence-electron chi connectivity index (χ4n) is 2.70. The predicted octanol–water partition coefficient (Wildman–Crippen LogP) is 2.34. The van der Waals surface area contributed by atoms with Gasteiger partial charge < -0.3 is 15.8 Å². The van der Waals surface area contributed by atoms with Crippen molar-refractivity contribution in [3.63, 3.8) is 0 Å². The predicted molar refractivity (Wildman–Crippen MR) is 76.6 cm³/mol. The van der Waals surface area contributed by atoms with E-state index in [4.69, 9.17) is 10.9 Å². The van der Waals surface area contributed by atoms with E-state index in [9.17, 15) is 0 Å². The monoisotopic (exact) mass is 262 g/mol. The third-order valence-corrected chi connectivity index (χ3v) is 3.79. The van der Waals surface area contributed by atoms with Crippen molar-refractivity contribution in [3.05, 3.63) is 23.9 Å². The van der Waals surface area contributed by atoms with Crippen LogP contribution in [0.1, 0.15) is 44.6 Å². The van der Waals surface area contributed by atoms with Crippen LogP contribution in [0.2, 0.25) is 0 Å². The lowest BCUT2D eigenvalue weighted by atomic mass is 10.1. The van der Waals surface area contributed by atoms with E-state index in [0.717, 1.165) is 18.8 Å². The third-order valence-electron chi connectivity index (χ3n) is 3.79. The molecule has 0 spiro atoms. The Labute approximate surface area is 114 Å². The highest BCUT2D eigenvalue weighted by Gasteiger charge is 2.21. The second-order valence-corrected chi connectivity index (χ2v) is 4.99. The number of pyridine rings is 1. The van der Waals surface area contributed by atoms with E-state index in [-0.39, 0.29) is 5.84 Å². The highest BCUT2D eigenvalue weighted by Crippen LogP contribution is 2.24. The smallest absolute Gasteiger partial charge is 0.170 e. The molecule has 1 aliphatic heterocycles. The van der Waals surface area contributed by atoms with Crippen LogP contribution in [0.25, 0.3) is 0 Å². The summed E-state index contributed by atoms with van der Waals surface area (Å²) < 4.78 is 0. The van der Waals surface area contributed by atoms with Gasteiger partial charge in [-0.3, -0.25) is 0 Å². The van der Waals surface area contributed by atoms with Gasteiger partial charge in [0, 0.05) is 24.3 Å². The molecule has 2 rings (SSSR count). The van der Waals surface area contributed by atoms with Crippen molar-refractivity contribution in [2.75, 3.05) is 11.4 Å². The number of hydrogen-bond acceptors (Lipinski definition) is 4. The Morgan fingerprint density at radius 3 is 3.11 bits per heavy atom. The molecular weight excluding hydrogens is 240 g/mol. The van der Waals surface area contributed by atoms with Crippen LogP contribution < -0.4 is 10.6 Å². The Morgan fingerprint density at radius 2 is 2.37 bits per heavy atom. The molecule has 0 aromatic carbocycles. The summed E-state index contributed by atoms with van der Waals surface area (Å²) >= 11 is 0. The molecular formula is C14H22N4O. The van der Waals surface area contributed by atoms with Crippen molar-refractivity contribution in [1.29, 1.82) is 0 Å². The van der Waals surface area contributed by atoms with E-state index in [1.807, 2.05) is 6.07 Å². The Bertz CT molecular complexity index is 447. The lowest BCUT2D eigenvalue weighted by Gasteiger charge is -2.30. The van der Waals surface area contributed by atoms with E-state index in [1.165, 1.54) is 25.7 Å². The lowest BCUT2D eigenvalue weighted by molar-refractivity contribution is 0.318. The van der Waals surface area contributed by atoms with Crippen LogP contribution in [0.5, 0.6) is 0 Å². The first-order valence-electron chi connectivity index (χ1n) is 6.97. The molecule has 1 saturated heterocycles. The molecule has 104 valence electrons. The quantitative estimate of drug-likeness (QED) is 0.379. The maximum Gasteiger partial charge on any atom is 0.170 e. The third kappa shape index (κ3) is 3.16. The molecule has 0 bridgehead atoms. The second-order valence-electron chi connectivity index (χ2n) is 4.99. The minimum atomic E-state index is 0.131. The van der Waals surface area contributed by atoms with Crippen molar-refractivity contribution in [2.24, 2.45) is 10.9 Å². The summed E-state index contributed by atoms with van der Waals surface area (Å²) in [4.78, 5) is 6.82. The lowest BCUT2D eigenvalue weighted by Crippen LogP contribution is -2.35. The molecule has 0 amide bonds. The molecule has 5 heteroatoms. The van der Waals surface area contributed by atoms with Crippen LogP contribution in [0.15, 0.2) is 23.5 Å². The number of hydrogen-bond donors (Lipinski definition) is 2. The zero-order valence-electron chi connectivity index (χ0n) is 11.4. The Morgan fingerprint density at radius 1 is 1.53 bits per heavy atom. The molecule has 1 aromatic rings. The van der Waals surface area contributed by atoms with E-state index in [0.29, 0.717) is 11.6 Å². The zero-order chi connectivity index (χ0) is 13.7. The maximum absolute atomic E-state index is 8.76. The van der Waals surface area contributed by atoms with Crippen LogP contribution in [0.3, 0.4) is 0 Å². The molecule has 3 N–H and O–H groups in total. The summed E-state index contributed by atoms with van der Waals surface area (Å²) in [5.74, 6) is 1.06. The van der Waals surface area contributed by atoms with Gasteiger partial charge in [-0.1, -0.05) is 24.9 Å². The van der Waals surface area contributed by atoms with Gasteiger partial charge in [0.2, 0.25) is 0 Å². The van der Waals surface area contributed by atoms with Gasteiger partial charge in [-0.25, -0.2) is 4.98 Å². The van der Waals surface area contributed by atoms with Gasteiger partial charge in [-0.05, 0) is 31.4 Å². The summed E-state index contributed by atoms with van der Waals surface area (Å²) in [6, 6.07) is 4.21. The number of anilines is 1. The fourth-order valence-corrected chi connectivity index (χ4v) is 2.70. The first kappa shape index (κ1) is 13.6. The molecule has 1 aromatic heterocycles. The van der Waals surface area contributed by atoms with E-state index in [2.05, 4.69) is 22.0 Å². The number of amidine groups is 1. The number of rotatable bonds is 3. The summed E-state index contributed by atoms with van der Waals surface area (Å²) in [7, 11) is 0. The normalized spacial score (nSPS) is 21.2. The zero-order valence-corrected chi connectivity index (χ0v) is 11.4. The van der Waals surface area contributed by atoms with E-state index < -0.39 is 0 Å². The van der Waals surface area contributed by atoms with Gasteiger partial charge in [-0.2, -0.15) is 0 Å². The molecule has 1 fully saturated rings. The second kappa shape index (κ2) is 6.41. The maximum atomic E-state index is 8.76. The molecule has 1 aliphatic rings. The highest BCUT2D eigenvalue weighted by molar-refractivity contribution is 5.97. The number of nitrogens with two attached hydrogens (primary N) is 1. The van der Waals surface area contributed by atoms with Crippen LogP contribution in [-0.4, -0.2) is 28.6 Å². The van der Waals surface area contributed by atoms with Crippen LogP contribution in [0, 0.1) is 0 Å². The standard InChI is InChI=1S/C14H22N4O/c1-2-12-6-4-3-5-9-18(12)13-10-11(7-8-16-13)14(15)17-19/h7-8,10,12,19H,2-6,9H2,1H3,(H2,15,17). The molecule has 1 atom stereocenters. The molecule has 1 unspecified atom stereocenters. The van der Waals surface area contributed by atoms with Crippen LogP contribution in [-0.2, 0) is 0 Å². The van der Waals surface area contributed by atoms with Crippen molar-refractivity contribution in [1.82, 2.24) is 4.98 Å². The van der Waals surface area contributed by atoms with Crippen molar-refractivity contribution in [3.8, 4) is 0 Å². The molecule has 0 radical (unpaired) electrons. The first-order chi connectivity index (χ1) is 9.26. The van der Waals surface area contributed by atoms with Crippen LogP contribution in [0.4, 0.5) is 5.82 Å². The van der Waals surface area contributed by atoms with E-state index >= 15 is 0 Å².